The van der Waals surface area contributed by atoms with E-state index in [-0.39, 0.29) is 0 Å². The van der Waals surface area contributed by atoms with Crippen molar-refractivity contribution < 1.29 is 9.15 Å². The molecule has 1 aliphatic carbocycles. The van der Waals surface area contributed by atoms with Crippen molar-refractivity contribution in [3.8, 4) is 33.8 Å². The van der Waals surface area contributed by atoms with Gasteiger partial charge in [-0.25, -0.2) is 0 Å². The van der Waals surface area contributed by atoms with Gasteiger partial charge < -0.3 is 14.1 Å². The van der Waals surface area contributed by atoms with Crippen LogP contribution in [0.25, 0.3) is 65.7 Å². The molecule has 10 aromatic carbocycles. The molecule has 1 spiro atoms. The van der Waals surface area contributed by atoms with Crippen molar-refractivity contribution in [2.24, 2.45) is 0 Å². The van der Waals surface area contributed by atoms with Crippen molar-refractivity contribution >= 4 is 60.5 Å². The molecule has 11 aromatic rings. The Hall–Kier alpha value is -7.88. The fraction of sp³-hybridized carbons (Fsp3) is 0.0175. The minimum Gasteiger partial charge on any atom is -0.457 e. The molecule has 0 saturated heterocycles. The van der Waals surface area contributed by atoms with Crippen LogP contribution < -0.4 is 9.64 Å². The van der Waals surface area contributed by atoms with Crippen LogP contribution in [-0.4, -0.2) is 0 Å². The highest BCUT2D eigenvalue weighted by atomic mass is 16.5. The fourth-order valence-corrected chi connectivity index (χ4v) is 10.4. The smallest absolute Gasteiger partial charge is 0.143 e. The van der Waals surface area contributed by atoms with E-state index in [4.69, 9.17) is 9.15 Å². The summed E-state index contributed by atoms with van der Waals surface area (Å²) in [7, 11) is 0. The van der Waals surface area contributed by atoms with Crippen LogP contribution in [0.3, 0.4) is 0 Å². The molecule has 60 heavy (non-hydrogen) atoms. The van der Waals surface area contributed by atoms with E-state index >= 15 is 0 Å². The van der Waals surface area contributed by atoms with E-state index in [2.05, 4.69) is 217 Å². The average molecular weight is 766 g/mol. The highest BCUT2D eigenvalue weighted by Crippen LogP contribution is 2.62. The van der Waals surface area contributed by atoms with Gasteiger partial charge in [0.05, 0.1) is 16.5 Å². The molecule has 0 radical (unpaired) electrons. The quantitative estimate of drug-likeness (QED) is 0.178. The third-order valence-corrected chi connectivity index (χ3v) is 12.9. The van der Waals surface area contributed by atoms with Gasteiger partial charge in [0.15, 0.2) is 0 Å². The van der Waals surface area contributed by atoms with Gasteiger partial charge in [0.25, 0.3) is 0 Å². The zero-order valence-electron chi connectivity index (χ0n) is 32.5. The van der Waals surface area contributed by atoms with Crippen LogP contribution in [0, 0.1) is 0 Å². The summed E-state index contributed by atoms with van der Waals surface area (Å²) in [6.45, 7) is 0. The van der Waals surface area contributed by atoms with Gasteiger partial charge in [-0.3, -0.25) is 0 Å². The number of ether oxygens (including phenoxy) is 1. The first-order chi connectivity index (χ1) is 29.8. The average Bonchev–Trinajstić information content (AvgIpc) is 3.84. The third kappa shape index (κ3) is 4.54. The summed E-state index contributed by atoms with van der Waals surface area (Å²) in [6, 6.07) is 76.7. The number of hydrogen-bond acceptors (Lipinski definition) is 3. The second-order valence-corrected chi connectivity index (χ2v) is 15.9. The van der Waals surface area contributed by atoms with E-state index in [0.717, 1.165) is 72.4 Å². The van der Waals surface area contributed by atoms with Gasteiger partial charge >= 0.3 is 0 Å². The molecular formula is C57H35NO2. The monoisotopic (exact) mass is 765 g/mol. The lowest BCUT2D eigenvalue weighted by molar-refractivity contribution is 0.436. The van der Waals surface area contributed by atoms with E-state index in [1.807, 2.05) is 0 Å². The lowest BCUT2D eigenvalue weighted by Crippen LogP contribution is -2.32. The Kier molecular flexibility index (Phi) is 6.93. The van der Waals surface area contributed by atoms with E-state index in [0.29, 0.717) is 0 Å². The van der Waals surface area contributed by atoms with Crippen molar-refractivity contribution in [1.82, 2.24) is 0 Å². The SMILES string of the molecule is c1ccc2c(c1)Oc1ccccc1C21c2ccccc2-c2ccc(N(c3ccc(-c4cccc5ccccc45)cc3)c3cccc4oc5c6ccccc6ccc5c34)cc21. The molecule has 13 rings (SSSR count). The topological polar surface area (TPSA) is 25.6 Å². The zero-order chi connectivity index (χ0) is 39.4. The van der Waals surface area contributed by atoms with Gasteiger partial charge in [0.2, 0.25) is 0 Å². The maximum absolute atomic E-state index is 6.79. The molecule has 3 heteroatoms. The molecule has 280 valence electrons. The van der Waals surface area contributed by atoms with Crippen molar-refractivity contribution in [2.75, 3.05) is 4.90 Å². The zero-order valence-corrected chi connectivity index (χ0v) is 32.5. The Labute approximate surface area is 347 Å². The van der Waals surface area contributed by atoms with Crippen molar-refractivity contribution in [3.05, 3.63) is 235 Å². The van der Waals surface area contributed by atoms with Gasteiger partial charge in [-0.1, -0.05) is 158 Å². The predicted molar refractivity (Wildman–Crippen MR) is 246 cm³/mol. The number of rotatable bonds is 4. The maximum atomic E-state index is 6.79. The Morgan fingerprint density at radius 1 is 0.383 bits per heavy atom. The van der Waals surface area contributed by atoms with Crippen molar-refractivity contribution in [3.63, 3.8) is 0 Å². The van der Waals surface area contributed by atoms with Gasteiger partial charge in [-0.15, -0.1) is 0 Å². The molecule has 0 saturated carbocycles. The summed E-state index contributed by atoms with van der Waals surface area (Å²) < 4.78 is 13.5. The predicted octanol–water partition coefficient (Wildman–Crippen LogP) is 15.5. The fourth-order valence-electron chi connectivity index (χ4n) is 10.4. The first kappa shape index (κ1) is 33.1. The highest BCUT2D eigenvalue weighted by molar-refractivity contribution is 6.19. The molecule has 2 heterocycles. The Balaban J connectivity index is 1.09. The minimum atomic E-state index is -0.593. The molecule has 2 aliphatic rings. The molecule has 0 N–H and O–H groups in total. The van der Waals surface area contributed by atoms with Gasteiger partial charge in [0.1, 0.15) is 22.7 Å². The first-order valence-corrected chi connectivity index (χ1v) is 20.6. The van der Waals surface area contributed by atoms with E-state index in [1.54, 1.807) is 0 Å². The van der Waals surface area contributed by atoms with Gasteiger partial charge in [-0.2, -0.15) is 0 Å². The van der Waals surface area contributed by atoms with Crippen LogP contribution in [0.1, 0.15) is 22.3 Å². The molecule has 0 bridgehead atoms. The largest absolute Gasteiger partial charge is 0.457 e. The van der Waals surface area contributed by atoms with Crippen LogP contribution in [0.4, 0.5) is 17.1 Å². The van der Waals surface area contributed by atoms with Gasteiger partial charge in [-0.05, 0) is 104 Å². The van der Waals surface area contributed by atoms with E-state index in [1.165, 1.54) is 44.2 Å². The second kappa shape index (κ2) is 12.6. The summed E-state index contributed by atoms with van der Waals surface area (Å²) in [4.78, 5) is 2.42. The number of anilines is 3. The second-order valence-electron chi connectivity index (χ2n) is 15.9. The maximum Gasteiger partial charge on any atom is 0.143 e. The van der Waals surface area contributed by atoms with Crippen molar-refractivity contribution in [1.29, 1.82) is 0 Å². The number of benzene rings is 10. The summed E-state index contributed by atoms with van der Waals surface area (Å²) in [5, 5.41) is 6.91. The Morgan fingerprint density at radius 2 is 0.983 bits per heavy atom. The lowest BCUT2D eigenvalue weighted by atomic mass is 9.66. The number of para-hydroxylation sites is 2. The number of hydrogen-bond donors (Lipinski definition) is 0. The standard InChI is InChI=1S/C57H35NO2/c1-3-16-41-36(13-1)15-11-19-42(41)38-27-30-39(31-28-38)58(51-23-12-26-54-55(51)46-33-29-37-14-2-4-17-43(37)56(46)60-54)40-32-34-45-44-18-5-6-20-47(44)57(50(45)35-40)48-21-7-9-24-52(48)59-53-25-10-8-22-49(53)57/h1-35H. The van der Waals surface area contributed by atoms with Crippen LogP contribution in [0.5, 0.6) is 11.5 Å². The minimum absolute atomic E-state index is 0.593. The molecule has 3 nitrogen and oxygen atoms in total. The molecule has 1 aliphatic heterocycles. The number of furan rings is 1. The highest BCUT2D eigenvalue weighted by Gasteiger charge is 2.51. The Morgan fingerprint density at radius 3 is 1.78 bits per heavy atom. The lowest BCUT2D eigenvalue weighted by Gasteiger charge is -2.39. The molecule has 0 unspecified atom stereocenters. The van der Waals surface area contributed by atoms with Crippen LogP contribution in [0.15, 0.2) is 217 Å². The van der Waals surface area contributed by atoms with E-state index < -0.39 is 5.41 Å². The number of fused-ring (bicyclic) bond motifs is 15. The molecule has 1 aromatic heterocycles. The van der Waals surface area contributed by atoms with Crippen LogP contribution in [0.2, 0.25) is 0 Å². The van der Waals surface area contributed by atoms with Crippen LogP contribution >= 0.6 is 0 Å². The summed E-state index contributed by atoms with van der Waals surface area (Å²) in [6.07, 6.45) is 0. The van der Waals surface area contributed by atoms with E-state index in [9.17, 15) is 0 Å². The van der Waals surface area contributed by atoms with Crippen LogP contribution in [-0.2, 0) is 5.41 Å². The molecule has 0 atom stereocenters. The number of nitrogens with zero attached hydrogens (tertiary/aromatic N) is 1. The third-order valence-electron chi connectivity index (χ3n) is 12.9. The summed E-state index contributed by atoms with van der Waals surface area (Å²) >= 11 is 0. The Bertz CT molecular complexity index is 3490. The first-order valence-electron chi connectivity index (χ1n) is 20.6. The van der Waals surface area contributed by atoms with Crippen molar-refractivity contribution in [2.45, 2.75) is 5.41 Å². The van der Waals surface area contributed by atoms with Gasteiger partial charge in [0, 0.05) is 33.3 Å². The molecule has 0 fully saturated rings. The summed E-state index contributed by atoms with van der Waals surface area (Å²) in [5.74, 6) is 1.76. The molecular weight excluding hydrogens is 731 g/mol. The molecule has 0 amide bonds. The summed E-state index contributed by atoms with van der Waals surface area (Å²) in [5.41, 5.74) is 14.0. The normalized spacial score (nSPS) is 13.3.